The molecule has 1 N–H and O–H groups in total. The van der Waals surface area contributed by atoms with E-state index in [1.807, 2.05) is 60.7 Å². The highest BCUT2D eigenvalue weighted by Gasteiger charge is 2.27. The van der Waals surface area contributed by atoms with Crippen molar-refractivity contribution in [2.24, 2.45) is 0 Å². The Labute approximate surface area is 144 Å². The molecule has 2 aromatic rings. The summed E-state index contributed by atoms with van der Waals surface area (Å²) in [5.74, 6) is 0. The molecule has 4 nitrogen and oxygen atoms in total. The Morgan fingerprint density at radius 1 is 0.750 bits per heavy atom. The molecule has 0 radical (unpaired) electrons. The quantitative estimate of drug-likeness (QED) is 0.903. The molecule has 0 spiro atoms. The van der Waals surface area contributed by atoms with Crippen LogP contribution in [0.1, 0.15) is 42.9 Å². The summed E-state index contributed by atoms with van der Waals surface area (Å²) in [7, 11) is -3.52. The molecule has 0 amide bonds. The van der Waals surface area contributed by atoms with Crippen LogP contribution < -0.4 is 4.72 Å². The molecule has 0 saturated carbocycles. The highest BCUT2D eigenvalue weighted by molar-refractivity contribution is 7.87. The van der Waals surface area contributed by atoms with E-state index in [0.717, 1.165) is 36.8 Å². The topological polar surface area (TPSA) is 49.4 Å². The summed E-state index contributed by atoms with van der Waals surface area (Å²) in [6.45, 7) is 1.21. The molecular weight excluding hydrogens is 320 g/mol. The average molecular weight is 344 g/mol. The normalized spacial score (nSPS) is 16.9. The molecule has 1 saturated heterocycles. The van der Waals surface area contributed by atoms with Crippen LogP contribution in [0.4, 0.5) is 0 Å². The van der Waals surface area contributed by atoms with E-state index < -0.39 is 10.2 Å². The van der Waals surface area contributed by atoms with Crippen molar-refractivity contribution in [1.82, 2.24) is 9.03 Å². The van der Waals surface area contributed by atoms with Crippen molar-refractivity contribution in [3.63, 3.8) is 0 Å². The highest BCUT2D eigenvalue weighted by atomic mass is 32.2. The van der Waals surface area contributed by atoms with Crippen molar-refractivity contribution in [3.8, 4) is 0 Å². The van der Waals surface area contributed by atoms with Gasteiger partial charge in [-0.1, -0.05) is 73.5 Å². The fourth-order valence-electron chi connectivity index (χ4n) is 3.13. The van der Waals surface area contributed by atoms with Gasteiger partial charge in [-0.15, -0.1) is 0 Å². The van der Waals surface area contributed by atoms with Gasteiger partial charge in [0.2, 0.25) is 0 Å². The molecule has 1 aliphatic rings. The van der Waals surface area contributed by atoms with Crippen molar-refractivity contribution < 1.29 is 8.42 Å². The zero-order valence-electron chi connectivity index (χ0n) is 13.8. The standard InChI is InChI=1S/C19H24N2O2S/c22-24(23,21-15-9-1-2-10-16-21)20-19(17-11-5-3-6-12-17)18-13-7-4-8-14-18/h3-8,11-14,19-20H,1-2,9-10,15-16H2. The van der Waals surface area contributed by atoms with Crippen molar-refractivity contribution in [2.45, 2.75) is 31.7 Å². The first-order valence-corrected chi connectivity index (χ1v) is 9.98. The molecular formula is C19H24N2O2S. The van der Waals surface area contributed by atoms with Gasteiger partial charge >= 0.3 is 0 Å². The molecule has 0 unspecified atom stereocenters. The number of hydrogen-bond acceptors (Lipinski definition) is 2. The predicted octanol–water partition coefficient (Wildman–Crippen LogP) is 3.49. The van der Waals surface area contributed by atoms with Gasteiger partial charge in [-0.05, 0) is 24.0 Å². The number of benzene rings is 2. The van der Waals surface area contributed by atoms with Crippen LogP contribution in [0.25, 0.3) is 0 Å². The minimum absolute atomic E-state index is 0.374. The van der Waals surface area contributed by atoms with Gasteiger partial charge in [0.05, 0.1) is 6.04 Å². The molecule has 2 aromatic carbocycles. The molecule has 1 aliphatic heterocycles. The molecule has 1 fully saturated rings. The Kier molecular flexibility index (Phi) is 5.66. The van der Waals surface area contributed by atoms with E-state index in [2.05, 4.69) is 4.72 Å². The molecule has 3 rings (SSSR count). The lowest BCUT2D eigenvalue weighted by Crippen LogP contribution is -2.43. The van der Waals surface area contributed by atoms with E-state index >= 15 is 0 Å². The molecule has 0 atom stereocenters. The minimum atomic E-state index is -3.52. The summed E-state index contributed by atoms with van der Waals surface area (Å²) in [4.78, 5) is 0. The van der Waals surface area contributed by atoms with Crippen LogP contribution >= 0.6 is 0 Å². The molecule has 5 heteroatoms. The highest BCUT2D eigenvalue weighted by Crippen LogP contribution is 2.24. The Balaban J connectivity index is 1.89. The predicted molar refractivity (Wildman–Crippen MR) is 96.8 cm³/mol. The molecule has 0 aliphatic carbocycles. The molecule has 0 aromatic heterocycles. The van der Waals surface area contributed by atoms with Crippen LogP contribution in [0.2, 0.25) is 0 Å². The maximum Gasteiger partial charge on any atom is 0.280 e. The fraction of sp³-hybridized carbons (Fsp3) is 0.368. The smallest absolute Gasteiger partial charge is 0.195 e. The Hall–Kier alpha value is -1.69. The lowest BCUT2D eigenvalue weighted by atomic mass is 10.00. The van der Waals surface area contributed by atoms with E-state index in [0.29, 0.717) is 13.1 Å². The average Bonchev–Trinajstić information content (AvgIpc) is 2.91. The second kappa shape index (κ2) is 7.92. The van der Waals surface area contributed by atoms with Crippen molar-refractivity contribution in [1.29, 1.82) is 0 Å². The van der Waals surface area contributed by atoms with Gasteiger partial charge < -0.3 is 0 Å². The van der Waals surface area contributed by atoms with Gasteiger partial charge in [0.25, 0.3) is 10.2 Å². The van der Waals surface area contributed by atoms with Crippen LogP contribution in [0.15, 0.2) is 60.7 Å². The third-order valence-corrected chi connectivity index (χ3v) is 6.02. The Morgan fingerprint density at radius 2 is 1.21 bits per heavy atom. The van der Waals surface area contributed by atoms with E-state index in [1.54, 1.807) is 4.31 Å². The number of nitrogens with zero attached hydrogens (tertiary/aromatic N) is 1. The van der Waals surface area contributed by atoms with Crippen LogP contribution in [0, 0.1) is 0 Å². The van der Waals surface area contributed by atoms with Crippen LogP contribution in [-0.2, 0) is 10.2 Å². The Morgan fingerprint density at radius 3 is 1.67 bits per heavy atom. The second-order valence-corrected chi connectivity index (χ2v) is 7.89. The van der Waals surface area contributed by atoms with E-state index in [-0.39, 0.29) is 6.04 Å². The zero-order chi connectivity index (χ0) is 16.8. The summed E-state index contributed by atoms with van der Waals surface area (Å²) in [5, 5.41) is 0. The van der Waals surface area contributed by atoms with Gasteiger partial charge in [0.1, 0.15) is 0 Å². The summed E-state index contributed by atoms with van der Waals surface area (Å²) in [5.41, 5.74) is 1.89. The van der Waals surface area contributed by atoms with Gasteiger partial charge in [0, 0.05) is 13.1 Å². The molecule has 24 heavy (non-hydrogen) atoms. The van der Waals surface area contributed by atoms with Crippen LogP contribution in [-0.4, -0.2) is 25.8 Å². The van der Waals surface area contributed by atoms with E-state index in [9.17, 15) is 8.42 Å². The monoisotopic (exact) mass is 344 g/mol. The number of hydrogen-bond donors (Lipinski definition) is 1. The van der Waals surface area contributed by atoms with Crippen molar-refractivity contribution in [3.05, 3.63) is 71.8 Å². The first-order valence-electron chi connectivity index (χ1n) is 8.54. The fourth-order valence-corrected chi connectivity index (χ4v) is 4.58. The van der Waals surface area contributed by atoms with Gasteiger partial charge in [0.15, 0.2) is 0 Å². The second-order valence-electron chi connectivity index (χ2n) is 6.19. The summed E-state index contributed by atoms with van der Waals surface area (Å²) in [6, 6.07) is 19.1. The van der Waals surface area contributed by atoms with Gasteiger partial charge in [-0.25, -0.2) is 0 Å². The van der Waals surface area contributed by atoms with Crippen LogP contribution in [0.3, 0.4) is 0 Å². The maximum absolute atomic E-state index is 12.9. The van der Waals surface area contributed by atoms with E-state index in [1.165, 1.54) is 0 Å². The minimum Gasteiger partial charge on any atom is -0.195 e. The number of nitrogens with one attached hydrogen (secondary N) is 1. The lowest BCUT2D eigenvalue weighted by molar-refractivity contribution is 0.411. The summed E-state index contributed by atoms with van der Waals surface area (Å²) < 4.78 is 30.3. The van der Waals surface area contributed by atoms with Crippen LogP contribution in [0.5, 0.6) is 0 Å². The molecule has 0 bridgehead atoms. The maximum atomic E-state index is 12.9. The number of rotatable bonds is 5. The van der Waals surface area contributed by atoms with Gasteiger partial charge in [-0.2, -0.15) is 17.4 Å². The first kappa shape index (κ1) is 17.1. The zero-order valence-corrected chi connectivity index (χ0v) is 14.6. The summed E-state index contributed by atoms with van der Waals surface area (Å²) in [6.07, 6.45) is 4.07. The van der Waals surface area contributed by atoms with E-state index in [4.69, 9.17) is 0 Å². The SMILES string of the molecule is O=S(=O)(NC(c1ccccc1)c1ccccc1)N1CCCCCC1. The largest absolute Gasteiger partial charge is 0.280 e. The third-order valence-electron chi connectivity index (χ3n) is 4.44. The lowest BCUT2D eigenvalue weighted by Gasteiger charge is -2.25. The van der Waals surface area contributed by atoms with Crippen molar-refractivity contribution in [2.75, 3.05) is 13.1 Å². The molecule has 128 valence electrons. The summed E-state index contributed by atoms with van der Waals surface area (Å²) >= 11 is 0. The van der Waals surface area contributed by atoms with Gasteiger partial charge in [-0.3, -0.25) is 0 Å². The Bertz CT molecular complexity index is 685. The third kappa shape index (κ3) is 4.23. The first-order chi connectivity index (χ1) is 11.7. The van der Waals surface area contributed by atoms with Crippen molar-refractivity contribution >= 4 is 10.2 Å². The molecule has 1 heterocycles.